The number of nitrogens with zero attached hydrogens (tertiary/aromatic N) is 3. The minimum Gasteiger partial charge on any atom is -0.411 e. The van der Waals surface area contributed by atoms with Gasteiger partial charge in [-0.25, -0.2) is 0 Å². The zero-order valence-corrected chi connectivity index (χ0v) is 12.9. The minimum absolute atomic E-state index is 0.805. The van der Waals surface area contributed by atoms with Crippen molar-refractivity contribution in [2.75, 3.05) is 0 Å². The van der Waals surface area contributed by atoms with Crippen LogP contribution in [0.1, 0.15) is 5.56 Å². The van der Waals surface area contributed by atoms with E-state index in [9.17, 15) is 0 Å². The highest BCUT2D eigenvalue weighted by atomic mass is 32.2. The maximum Gasteiger partial charge on any atom is 0.108 e. The Morgan fingerprint density at radius 3 is 2.32 bits per heavy atom. The molecule has 2 aromatic carbocycles. The lowest BCUT2D eigenvalue weighted by Gasteiger charge is -2.03. The predicted molar refractivity (Wildman–Crippen MR) is 88.6 cm³/mol. The van der Waals surface area contributed by atoms with Crippen LogP contribution in [0.25, 0.3) is 11.3 Å². The van der Waals surface area contributed by atoms with Crippen LogP contribution in [0.3, 0.4) is 0 Å². The van der Waals surface area contributed by atoms with Crippen molar-refractivity contribution in [1.82, 2.24) is 9.78 Å². The molecule has 1 N–H and O–H groups in total. The summed E-state index contributed by atoms with van der Waals surface area (Å²) in [5.74, 6) is 0. The van der Waals surface area contributed by atoms with Gasteiger partial charge < -0.3 is 5.21 Å². The van der Waals surface area contributed by atoms with E-state index < -0.39 is 0 Å². The zero-order chi connectivity index (χ0) is 15.4. The molecule has 0 aliphatic rings. The van der Waals surface area contributed by atoms with E-state index in [1.54, 1.807) is 11.8 Å². The Morgan fingerprint density at radius 1 is 1.05 bits per heavy atom. The molecule has 0 saturated carbocycles. The molecule has 22 heavy (non-hydrogen) atoms. The SMILES string of the molecule is Cn1nc(-c2ccccc2)c(/C=N/O)c1Sc1ccccc1. The van der Waals surface area contributed by atoms with E-state index in [1.807, 2.05) is 72.4 Å². The highest BCUT2D eigenvalue weighted by Gasteiger charge is 2.17. The van der Waals surface area contributed by atoms with Gasteiger partial charge in [-0.05, 0) is 12.1 Å². The molecule has 110 valence electrons. The van der Waals surface area contributed by atoms with Crippen LogP contribution >= 0.6 is 11.8 Å². The van der Waals surface area contributed by atoms with E-state index in [1.165, 1.54) is 6.21 Å². The van der Waals surface area contributed by atoms with Crippen LogP contribution < -0.4 is 0 Å². The largest absolute Gasteiger partial charge is 0.411 e. The van der Waals surface area contributed by atoms with Crippen molar-refractivity contribution >= 4 is 18.0 Å². The molecule has 0 aliphatic carbocycles. The third-order valence-electron chi connectivity index (χ3n) is 3.22. The van der Waals surface area contributed by atoms with Crippen LogP contribution in [0.2, 0.25) is 0 Å². The molecule has 0 atom stereocenters. The maximum atomic E-state index is 9.01. The quantitative estimate of drug-likeness (QED) is 0.449. The van der Waals surface area contributed by atoms with Gasteiger partial charge in [0, 0.05) is 17.5 Å². The van der Waals surface area contributed by atoms with Crippen molar-refractivity contribution in [3.05, 3.63) is 66.2 Å². The average molecular weight is 309 g/mol. The Bertz CT molecular complexity index is 782. The molecule has 0 fully saturated rings. The third kappa shape index (κ3) is 2.89. The molecule has 0 unspecified atom stereocenters. The fourth-order valence-corrected chi connectivity index (χ4v) is 3.18. The molecule has 0 saturated heterocycles. The number of aryl methyl sites for hydroxylation is 1. The molecule has 0 radical (unpaired) electrons. The van der Waals surface area contributed by atoms with Crippen LogP contribution in [-0.2, 0) is 7.05 Å². The Kier molecular flexibility index (Phi) is 4.25. The van der Waals surface area contributed by atoms with E-state index in [-0.39, 0.29) is 0 Å². The molecule has 5 heteroatoms. The second kappa shape index (κ2) is 6.49. The van der Waals surface area contributed by atoms with Gasteiger partial charge in [-0.15, -0.1) is 0 Å². The van der Waals surface area contributed by atoms with Gasteiger partial charge in [0.1, 0.15) is 10.7 Å². The van der Waals surface area contributed by atoms with Crippen LogP contribution in [-0.4, -0.2) is 21.2 Å². The molecule has 0 bridgehead atoms. The summed E-state index contributed by atoms with van der Waals surface area (Å²) in [6.07, 6.45) is 1.45. The van der Waals surface area contributed by atoms with Gasteiger partial charge in [-0.1, -0.05) is 65.4 Å². The maximum absolute atomic E-state index is 9.01. The Balaban J connectivity index is 2.09. The number of benzene rings is 2. The number of rotatable bonds is 4. The number of aromatic nitrogens is 2. The summed E-state index contributed by atoms with van der Waals surface area (Å²) in [5, 5.41) is 17.8. The number of hydrogen-bond donors (Lipinski definition) is 1. The zero-order valence-electron chi connectivity index (χ0n) is 12.0. The number of oxime groups is 1. The molecule has 1 aromatic heterocycles. The van der Waals surface area contributed by atoms with Gasteiger partial charge in [-0.3, -0.25) is 4.68 Å². The molecule has 4 nitrogen and oxygen atoms in total. The first-order valence-corrected chi connectivity index (χ1v) is 7.64. The summed E-state index contributed by atoms with van der Waals surface area (Å²) in [4.78, 5) is 1.11. The molecular formula is C17H15N3OS. The van der Waals surface area contributed by atoms with Crippen molar-refractivity contribution in [3.8, 4) is 11.3 Å². The standard InChI is InChI=1S/C17H15N3OS/c1-20-17(22-14-10-6-3-7-11-14)15(12-18-21)16(19-20)13-8-4-2-5-9-13/h2-12,21H,1H3/b18-12+. The van der Waals surface area contributed by atoms with Gasteiger partial charge in [-0.2, -0.15) is 5.10 Å². The van der Waals surface area contributed by atoms with Crippen LogP contribution in [0.4, 0.5) is 0 Å². The fourth-order valence-electron chi connectivity index (χ4n) is 2.23. The first-order valence-electron chi connectivity index (χ1n) is 6.82. The van der Waals surface area contributed by atoms with E-state index in [0.29, 0.717) is 0 Å². The minimum atomic E-state index is 0.805. The smallest absolute Gasteiger partial charge is 0.108 e. The summed E-state index contributed by atoms with van der Waals surface area (Å²) in [6, 6.07) is 19.9. The Hall–Kier alpha value is -2.53. The Labute approximate surface area is 133 Å². The highest BCUT2D eigenvalue weighted by molar-refractivity contribution is 7.99. The van der Waals surface area contributed by atoms with Crippen molar-refractivity contribution in [2.45, 2.75) is 9.92 Å². The van der Waals surface area contributed by atoms with Gasteiger partial charge in [0.15, 0.2) is 0 Å². The van der Waals surface area contributed by atoms with E-state index >= 15 is 0 Å². The van der Waals surface area contributed by atoms with E-state index in [4.69, 9.17) is 5.21 Å². The predicted octanol–water partition coefficient (Wildman–Crippen LogP) is 4.05. The van der Waals surface area contributed by atoms with Gasteiger partial charge >= 0.3 is 0 Å². The molecule has 3 rings (SSSR count). The first kappa shape index (κ1) is 14.4. The summed E-state index contributed by atoms with van der Waals surface area (Å²) in [7, 11) is 1.90. The van der Waals surface area contributed by atoms with Gasteiger partial charge in [0.25, 0.3) is 0 Å². The molecule has 0 aliphatic heterocycles. The molecule has 0 amide bonds. The van der Waals surface area contributed by atoms with Crippen LogP contribution in [0.15, 0.2) is 75.7 Å². The number of hydrogen-bond acceptors (Lipinski definition) is 4. The first-order chi connectivity index (χ1) is 10.8. The second-order valence-corrected chi connectivity index (χ2v) is 5.78. The molecule has 1 heterocycles. The van der Waals surface area contributed by atoms with Crippen molar-refractivity contribution in [3.63, 3.8) is 0 Å². The fraction of sp³-hybridized carbons (Fsp3) is 0.0588. The highest BCUT2D eigenvalue weighted by Crippen LogP contribution is 2.34. The van der Waals surface area contributed by atoms with Crippen molar-refractivity contribution in [2.24, 2.45) is 12.2 Å². The summed E-state index contributed by atoms with van der Waals surface area (Å²) < 4.78 is 1.82. The summed E-state index contributed by atoms with van der Waals surface area (Å²) >= 11 is 1.59. The topological polar surface area (TPSA) is 50.4 Å². The van der Waals surface area contributed by atoms with Crippen LogP contribution in [0.5, 0.6) is 0 Å². The third-order valence-corrected chi connectivity index (χ3v) is 4.41. The average Bonchev–Trinajstić information content (AvgIpc) is 2.86. The van der Waals surface area contributed by atoms with Gasteiger partial charge in [0.05, 0.1) is 11.8 Å². The van der Waals surface area contributed by atoms with Crippen molar-refractivity contribution in [1.29, 1.82) is 0 Å². The van der Waals surface area contributed by atoms with E-state index in [2.05, 4.69) is 10.3 Å². The molecular weight excluding hydrogens is 294 g/mol. The molecule has 3 aromatic rings. The second-order valence-electron chi connectivity index (χ2n) is 4.72. The lowest BCUT2D eigenvalue weighted by molar-refractivity contribution is 0.321. The lowest BCUT2D eigenvalue weighted by Crippen LogP contribution is -1.93. The Morgan fingerprint density at radius 2 is 1.68 bits per heavy atom. The van der Waals surface area contributed by atoms with Gasteiger partial charge in [0.2, 0.25) is 0 Å². The monoisotopic (exact) mass is 309 g/mol. The normalized spacial score (nSPS) is 11.1. The molecule has 0 spiro atoms. The van der Waals surface area contributed by atoms with E-state index in [0.717, 1.165) is 26.7 Å². The van der Waals surface area contributed by atoms with Crippen molar-refractivity contribution < 1.29 is 5.21 Å². The lowest BCUT2D eigenvalue weighted by atomic mass is 10.1. The summed E-state index contributed by atoms with van der Waals surface area (Å²) in [5.41, 5.74) is 2.61. The van der Waals surface area contributed by atoms with Crippen LogP contribution in [0, 0.1) is 0 Å². The summed E-state index contributed by atoms with van der Waals surface area (Å²) in [6.45, 7) is 0.